The molecule has 29 heavy (non-hydrogen) atoms. The van der Waals surface area contributed by atoms with Gasteiger partial charge in [-0.2, -0.15) is 0 Å². The molecule has 0 saturated carbocycles. The van der Waals surface area contributed by atoms with Crippen molar-refractivity contribution in [3.8, 4) is 16.9 Å². The van der Waals surface area contributed by atoms with E-state index in [0.29, 0.717) is 15.1 Å². The van der Waals surface area contributed by atoms with Gasteiger partial charge in [0.25, 0.3) is 5.91 Å². The minimum absolute atomic E-state index is 0.0564. The Morgan fingerprint density at radius 1 is 1.10 bits per heavy atom. The van der Waals surface area contributed by atoms with Gasteiger partial charge in [-0.25, -0.2) is 4.99 Å². The SMILES string of the molecule is COc1cccc(-c2csc(/C=C3\SC(=Nc4ccc(Cl)cc4)N(C)C3=O)c2)c1. The molecule has 1 aromatic heterocycles. The monoisotopic (exact) mass is 440 g/mol. The van der Waals surface area contributed by atoms with Gasteiger partial charge in [0.2, 0.25) is 0 Å². The molecule has 7 heteroatoms. The first-order valence-electron chi connectivity index (χ1n) is 8.78. The Morgan fingerprint density at radius 2 is 1.90 bits per heavy atom. The second-order valence-corrected chi connectivity index (χ2v) is 8.70. The predicted octanol–water partition coefficient (Wildman–Crippen LogP) is 6.31. The number of carbonyl (C=O) groups is 1. The minimum atomic E-state index is -0.0564. The summed E-state index contributed by atoms with van der Waals surface area (Å²) in [6, 6.07) is 17.2. The zero-order valence-corrected chi connectivity index (χ0v) is 18.1. The van der Waals surface area contributed by atoms with Gasteiger partial charge >= 0.3 is 0 Å². The molecule has 4 rings (SSSR count). The molecular formula is C22H17ClN2O2S2. The van der Waals surface area contributed by atoms with Crippen LogP contribution in [0.3, 0.4) is 0 Å². The molecule has 1 aliphatic rings. The summed E-state index contributed by atoms with van der Waals surface area (Å²) < 4.78 is 5.30. The second kappa shape index (κ2) is 8.45. The van der Waals surface area contributed by atoms with Crippen LogP contribution >= 0.6 is 34.7 Å². The lowest BCUT2D eigenvalue weighted by Gasteiger charge is -2.06. The third-order valence-corrected chi connectivity index (χ3v) is 6.54. The first-order chi connectivity index (χ1) is 14.0. The van der Waals surface area contributed by atoms with E-state index in [4.69, 9.17) is 16.3 Å². The lowest BCUT2D eigenvalue weighted by atomic mass is 10.1. The van der Waals surface area contributed by atoms with E-state index in [0.717, 1.165) is 27.4 Å². The van der Waals surface area contributed by atoms with Gasteiger partial charge < -0.3 is 4.74 Å². The minimum Gasteiger partial charge on any atom is -0.497 e. The molecule has 0 radical (unpaired) electrons. The molecule has 1 amide bonds. The Labute approximate surface area is 182 Å². The molecule has 3 aromatic rings. The Balaban J connectivity index is 1.58. The first-order valence-corrected chi connectivity index (χ1v) is 10.9. The van der Waals surface area contributed by atoms with Crippen molar-refractivity contribution in [2.24, 2.45) is 4.99 Å². The summed E-state index contributed by atoms with van der Waals surface area (Å²) >= 11 is 8.90. The number of carbonyl (C=O) groups excluding carboxylic acids is 1. The van der Waals surface area contributed by atoms with E-state index in [2.05, 4.69) is 16.4 Å². The van der Waals surface area contributed by atoms with Gasteiger partial charge in [-0.05, 0) is 76.8 Å². The molecular weight excluding hydrogens is 424 g/mol. The highest BCUT2D eigenvalue weighted by atomic mass is 35.5. The number of ether oxygens (including phenoxy) is 1. The molecule has 146 valence electrons. The number of aliphatic imine (C=N–C) groups is 1. The van der Waals surface area contributed by atoms with Gasteiger partial charge in [0.15, 0.2) is 5.17 Å². The van der Waals surface area contributed by atoms with Gasteiger partial charge in [0.1, 0.15) is 5.75 Å². The number of thioether (sulfide) groups is 1. The average molecular weight is 441 g/mol. The van der Waals surface area contributed by atoms with Gasteiger partial charge in [0, 0.05) is 16.9 Å². The number of amidine groups is 1. The molecule has 0 unspecified atom stereocenters. The molecule has 2 heterocycles. The smallest absolute Gasteiger partial charge is 0.266 e. The normalized spacial score (nSPS) is 16.8. The van der Waals surface area contributed by atoms with Crippen LogP contribution in [-0.2, 0) is 4.79 Å². The number of benzene rings is 2. The van der Waals surface area contributed by atoms with Crippen LogP contribution in [0.4, 0.5) is 5.69 Å². The number of thiophene rings is 1. The quantitative estimate of drug-likeness (QED) is 0.446. The molecule has 2 aromatic carbocycles. The summed E-state index contributed by atoms with van der Waals surface area (Å²) in [5, 5.41) is 3.38. The van der Waals surface area contributed by atoms with Crippen molar-refractivity contribution in [3.63, 3.8) is 0 Å². The van der Waals surface area contributed by atoms with Gasteiger partial charge in [-0.1, -0.05) is 23.7 Å². The third-order valence-electron chi connectivity index (χ3n) is 4.35. The fraction of sp³-hybridized carbons (Fsp3) is 0.0909. The third kappa shape index (κ3) is 4.40. The van der Waals surface area contributed by atoms with Crippen LogP contribution < -0.4 is 4.74 Å². The number of hydrogen-bond acceptors (Lipinski definition) is 5. The zero-order valence-electron chi connectivity index (χ0n) is 15.8. The predicted molar refractivity (Wildman–Crippen MR) is 123 cm³/mol. The van der Waals surface area contributed by atoms with Crippen molar-refractivity contribution in [1.29, 1.82) is 0 Å². The lowest BCUT2D eigenvalue weighted by Crippen LogP contribution is -2.23. The molecule has 0 N–H and O–H groups in total. The van der Waals surface area contributed by atoms with E-state index >= 15 is 0 Å². The van der Waals surface area contributed by atoms with Crippen molar-refractivity contribution in [1.82, 2.24) is 4.90 Å². The maximum atomic E-state index is 12.6. The molecule has 0 aliphatic carbocycles. The summed E-state index contributed by atoms with van der Waals surface area (Å²) in [7, 11) is 3.40. The lowest BCUT2D eigenvalue weighted by molar-refractivity contribution is -0.121. The van der Waals surface area contributed by atoms with Crippen molar-refractivity contribution in [2.45, 2.75) is 0 Å². The Hall–Kier alpha value is -2.54. The Bertz CT molecular complexity index is 1120. The summed E-state index contributed by atoms with van der Waals surface area (Å²) in [5.41, 5.74) is 2.94. The summed E-state index contributed by atoms with van der Waals surface area (Å²) in [5.74, 6) is 0.763. The van der Waals surface area contributed by atoms with Crippen molar-refractivity contribution < 1.29 is 9.53 Å². The van der Waals surface area contributed by atoms with E-state index in [9.17, 15) is 4.79 Å². The van der Waals surface area contributed by atoms with Crippen LogP contribution in [0.15, 0.2) is 69.9 Å². The molecule has 0 bridgehead atoms. The average Bonchev–Trinajstić information content (AvgIpc) is 3.31. The van der Waals surface area contributed by atoms with Crippen LogP contribution in [0.5, 0.6) is 5.75 Å². The van der Waals surface area contributed by atoms with Gasteiger partial charge in [-0.3, -0.25) is 9.69 Å². The highest BCUT2D eigenvalue weighted by Gasteiger charge is 2.30. The zero-order chi connectivity index (χ0) is 20.4. The van der Waals surface area contributed by atoms with Crippen LogP contribution in [-0.4, -0.2) is 30.1 Å². The maximum absolute atomic E-state index is 12.6. The van der Waals surface area contributed by atoms with E-state index < -0.39 is 0 Å². The highest BCUT2D eigenvalue weighted by Crippen LogP contribution is 2.35. The standard InChI is InChI=1S/C22H17ClN2O2S2/c1-25-21(26)20(29-22(25)24-17-8-6-16(23)7-9-17)12-19-11-15(13-28-19)14-4-3-5-18(10-14)27-2/h3-13H,1-2H3/b20-12-,24-22?. The summed E-state index contributed by atoms with van der Waals surface area (Å²) in [6.07, 6.45) is 1.92. The van der Waals surface area contributed by atoms with Crippen molar-refractivity contribution in [3.05, 3.63) is 74.8 Å². The number of rotatable bonds is 4. The number of nitrogens with zero attached hydrogens (tertiary/aromatic N) is 2. The number of halogens is 1. The van der Waals surface area contributed by atoms with Crippen LogP contribution in [0.2, 0.25) is 5.02 Å². The Morgan fingerprint density at radius 3 is 2.66 bits per heavy atom. The molecule has 0 atom stereocenters. The van der Waals surface area contributed by atoms with E-state index in [-0.39, 0.29) is 5.91 Å². The topological polar surface area (TPSA) is 41.9 Å². The number of hydrogen-bond donors (Lipinski definition) is 0. The van der Waals surface area contributed by atoms with E-state index in [1.54, 1.807) is 42.5 Å². The molecule has 0 spiro atoms. The molecule has 4 nitrogen and oxygen atoms in total. The van der Waals surface area contributed by atoms with Gasteiger partial charge in [-0.15, -0.1) is 11.3 Å². The molecule has 1 aliphatic heterocycles. The summed E-state index contributed by atoms with van der Waals surface area (Å²) in [4.78, 5) is 20.5. The second-order valence-electron chi connectivity index (χ2n) is 6.32. The number of amides is 1. The number of likely N-dealkylation sites (N-methyl/N-ethyl adjacent to an activating group) is 1. The number of methoxy groups -OCH3 is 1. The molecule has 1 fully saturated rings. The Kier molecular flexibility index (Phi) is 5.76. The van der Waals surface area contributed by atoms with Crippen molar-refractivity contribution >= 4 is 57.5 Å². The van der Waals surface area contributed by atoms with Gasteiger partial charge in [0.05, 0.1) is 17.7 Å². The maximum Gasteiger partial charge on any atom is 0.266 e. The van der Waals surface area contributed by atoms with E-state index in [1.807, 2.05) is 42.5 Å². The van der Waals surface area contributed by atoms with Crippen molar-refractivity contribution in [2.75, 3.05) is 14.2 Å². The van der Waals surface area contributed by atoms with Crippen LogP contribution in [0.25, 0.3) is 17.2 Å². The van der Waals surface area contributed by atoms with Crippen LogP contribution in [0.1, 0.15) is 4.88 Å². The van der Waals surface area contributed by atoms with E-state index in [1.165, 1.54) is 11.8 Å². The molecule has 1 saturated heterocycles. The fourth-order valence-electron chi connectivity index (χ4n) is 2.79. The van der Waals surface area contributed by atoms with Crippen LogP contribution in [0, 0.1) is 0 Å². The largest absolute Gasteiger partial charge is 0.497 e. The fourth-order valence-corrected chi connectivity index (χ4v) is 4.82. The highest BCUT2D eigenvalue weighted by molar-refractivity contribution is 8.18. The summed E-state index contributed by atoms with van der Waals surface area (Å²) in [6.45, 7) is 0. The first kappa shape index (κ1) is 19.8.